The minimum Gasteiger partial charge on any atom is -0.497 e. The van der Waals surface area contributed by atoms with Crippen LogP contribution in [-0.2, 0) is 29.0 Å². The van der Waals surface area contributed by atoms with Gasteiger partial charge >= 0.3 is 0 Å². The Bertz CT molecular complexity index is 1300. The molecule has 4 aromatic carbocycles. The maximum Gasteiger partial charge on any atom is 0.261 e. The smallest absolute Gasteiger partial charge is 0.261 e. The highest BCUT2D eigenvalue weighted by molar-refractivity contribution is 5.88. The number of rotatable bonds is 13. The van der Waals surface area contributed by atoms with Crippen molar-refractivity contribution >= 4 is 11.8 Å². The molecule has 0 radical (unpaired) electrons. The SMILES string of the molecule is COc1ccc(CCNC(=O)C(Cc2ccccc2)N(Cc2ccccc2)C(=O)COc2ccccc2)cc1. The molecule has 0 aromatic heterocycles. The van der Waals surface area contributed by atoms with Gasteiger partial charge in [0.2, 0.25) is 5.91 Å². The van der Waals surface area contributed by atoms with Gasteiger partial charge in [-0.2, -0.15) is 0 Å². The average molecular weight is 523 g/mol. The maximum absolute atomic E-state index is 13.7. The molecular formula is C33H34N2O4. The van der Waals surface area contributed by atoms with Crippen molar-refractivity contribution in [2.24, 2.45) is 0 Å². The Morgan fingerprint density at radius 1 is 0.718 bits per heavy atom. The molecule has 0 heterocycles. The number of para-hydroxylation sites is 1. The number of nitrogens with zero attached hydrogens (tertiary/aromatic N) is 1. The summed E-state index contributed by atoms with van der Waals surface area (Å²) in [5.74, 6) is 0.942. The van der Waals surface area contributed by atoms with E-state index in [4.69, 9.17) is 9.47 Å². The van der Waals surface area contributed by atoms with Gasteiger partial charge in [-0.25, -0.2) is 0 Å². The highest BCUT2D eigenvalue weighted by Crippen LogP contribution is 2.17. The second kappa shape index (κ2) is 14.4. The summed E-state index contributed by atoms with van der Waals surface area (Å²) in [6.45, 7) is 0.576. The second-order valence-corrected chi connectivity index (χ2v) is 9.20. The topological polar surface area (TPSA) is 67.9 Å². The Labute approximate surface area is 230 Å². The van der Waals surface area contributed by atoms with Crippen molar-refractivity contribution in [2.45, 2.75) is 25.4 Å². The summed E-state index contributed by atoms with van der Waals surface area (Å²) in [5.41, 5.74) is 3.00. The van der Waals surface area contributed by atoms with Gasteiger partial charge in [-0.15, -0.1) is 0 Å². The van der Waals surface area contributed by atoms with Crippen molar-refractivity contribution < 1.29 is 19.1 Å². The first kappa shape index (κ1) is 27.5. The van der Waals surface area contributed by atoms with Crippen molar-refractivity contribution in [2.75, 3.05) is 20.3 Å². The van der Waals surface area contributed by atoms with E-state index < -0.39 is 6.04 Å². The first-order valence-electron chi connectivity index (χ1n) is 13.1. The fourth-order valence-corrected chi connectivity index (χ4v) is 4.32. The van der Waals surface area contributed by atoms with E-state index in [1.807, 2.05) is 115 Å². The van der Waals surface area contributed by atoms with E-state index in [9.17, 15) is 9.59 Å². The predicted octanol–water partition coefficient (Wildman–Crippen LogP) is 5.07. The molecule has 2 amide bonds. The van der Waals surface area contributed by atoms with Crippen LogP contribution in [0.25, 0.3) is 0 Å². The van der Waals surface area contributed by atoms with Crippen LogP contribution in [0.3, 0.4) is 0 Å². The molecule has 0 aliphatic rings. The first-order chi connectivity index (χ1) is 19.1. The largest absolute Gasteiger partial charge is 0.497 e. The molecule has 0 saturated heterocycles. The van der Waals surface area contributed by atoms with Gasteiger partial charge in [0, 0.05) is 19.5 Å². The van der Waals surface area contributed by atoms with E-state index in [-0.39, 0.29) is 18.4 Å². The first-order valence-corrected chi connectivity index (χ1v) is 13.1. The van der Waals surface area contributed by atoms with Gasteiger partial charge < -0.3 is 19.7 Å². The third-order valence-electron chi connectivity index (χ3n) is 6.44. The van der Waals surface area contributed by atoms with Crippen molar-refractivity contribution in [3.8, 4) is 11.5 Å². The Kier molecular flexibility index (Phi) is 10.1. The number of benzene rings is 4. The quantitative estimate of drug-likeness (QED) is 0.266. The van der Waals surface area contributed by atoms with Crippen LogP contribution >= 0.6 is 0 Å². The fraction of sp³-hybridized carbons (Fsp3) is 0.212. The Morgan fingerprint density at radius 2 is 1.31 bits per heavy atom. The molecule has 6 heteroatoms. The molecule has 0 spiro atoms. The lowest BCUT2D eigenvalue weighted by Crippen LogP contribution is -2.52. The number of carbonyl (C=O) groups excluding carboxylic acids is 2. The molecule has 39 heavy (non-hydrogen) atoms. The highest BCUT2D eigenvalue weighted by Gasteiger charge is 2.30. The molecule has 1 unspecified atom stereocenters. The van der Waals surface area contributed by atoms with E-state index in [0.29, 0.717) is 31.7 Å². The molecule has 0 fully saturated rings. The lowest BCUT2D eigenvalue weighted by molar-refractivity contribution is -0.142. The van der Waals surface area contributed by atoms with Crippen LogP contribution in [0, 0.1) is 0 Å². The lowest BCUT2D eigenvalue weighted by atomic mass is 10.0. The summed E-state index contributed by atoms with van der Waals surface area (Å²) in [7, 11) is 1.63. The standard InChI is InChI=1S/C33H34N2O4/c1-38-29-19-17-26(18-20-29)21-22-34-33(37)31(23-27-11-5-2-6-12-27)35(24-28-13-7-3-8-14-28)32(36)25-39-30-15-9-4-10-16-30/h2-20,31H,21-25H2,1H3,(H,34,37). The van der Waals surface area contributed by atoms with Crippen LogP contribution in [0.4, 0.5) is 0 Å². The number of carbonyl (C=O) groups is 2. The van der Waals surface area contributed by atoms with Crippen LogP contribution in [0.2, 0.25) is 0 Å². The fourth-order valence-electron chi connectivity index (χ4n) is 4.32. The Morgan fingerprint density at radius 3 is 1.92 bits per heavy atom. The molecule has 0 bridgehead atoms. The van der Waals surface area contributed by atoms with E-state index in [1.54, 1.807) is 12.0 Å². The molecule has 6 nitrogen and oxygen atoms in total. The molecule has 0 aliphatic heterocycles. The van der Waals surface area contributed by atoms with E-state index in [1.165, 1.54) is 0 Å². The monoisotopic (exact) mass is 522 g/mol. The van der Waals surface area contributed by atoms with Gasteiger partial charge in [0.1, 0.15) is 17.5 Å². The summed E-state index contributed by atoms with van der Waals surface area (Å²) in [5, 5.41) is 3.07. The molecule has 200 valence electrons. The molecular weight excluding hydrogens is 488 g/mol. The summed E-state index contributed by atoms with van der Waals surface area (Å²) in [6, 6.07) is 35.8. The number of hydrogen-bond donors (Lipinski definition) is 1. The maximum atomic E-state index is 13.7. The van der Waals surface area contributed by atoms with Gasteiger partial charge in [0.15, 0.2) is 6.61 Å². The van der Waals surface area contributed by atoms with E-state index in [2.05, 4.69) is 5.32 Å². The zero-order valence-electron chi connectivity index (χ0n) is 22.2. The zero-order chi connectivity index (χ0) is 27.3. The van der Waals surface area contributed by atoms with Crippen LogP contribution in [0.1, 0.15) is 16.7 Å². The van der Waals surface area contributed by atoms with Crippen molar-refractivity contribution in [1.82, 2.24) is 10.2 Å². The number of nitrogens with one attached hydrogen (secondary N) is 1. The van der Waals surface area contributed by atoms with Crippen molar-refractivity contribution in [3.05, 3.63) is 132 Å². The van der Waals surface area contributed by atoms with Crippen molar-refractivity contribution in [1.29, 1.82) is 0 Å². The van der Waals surface area contributed by atoms with E-state index in [0.717, 1.165) is 22.4 Å². The summed E-state index contributed by atoms with van der Waals surface area (Å²) in [4.78, 5) is 28.9. The van der Waals surface area contributed by atoms with Crippen LogP contribution < -0.4 is 14.8 Å². The van der Waals surface area contributed by atoms with Gasteiger partial charge in [-0.3, -0.25) is 9.59 Å². The van der Waals surface area contributed by atoms with Crippen LogP contribution in [0.5, 0.6) is 11.5 Å². The van der Waals surface area contributed by atoms with Gasteiger partial charge in [0.25, 0.3) is 5.91 Å². The number of hydrogen-bond acceptors (Lipinski definition) is 4. The van der Waals surface area contributed by atoms with E-state index >= 15 is 0 Å². The highest BCUT2D eigenvalue weighted by atomic mass is 16.5. The predicted molar refractivity (Wildman–Crippen MR) is 153 cm³/mol. The third kappa shape index (κ3) is 8.47. The number of ether oxygens (including phenoxy) is 2. The van der Waals surface area contributed by atoms with Crippen LogP contribution in [-0.4, -0.2) is 43.0 Å². The Hall–Kier alpha value is -4.58. The summed E-state index contributed by atoms with van der Waals surface area (Å²) < 4.78 is 11.0. The number of methoxy groups -OCH3 is 1. The molecule has 1 N–H and O–H groups in total. The zero-order valence-corrected chi connectivity index (χ0v) is 22.2. The molecule has 0 saturated carbocycles. The normalized spacial score (nSPS) is 11.3. The lowest BCUT2D eigenvalue weighted by Gasteiger charge is -2.31. The second-order valence-electron chi connectivity index (χ2n) is 9.20. The molecule has 4 rings (SSSR count). The summed E-state index contributed by atoms with van der Waals surface area (Å²) in [6.07, 6.45) is 1.05. The minimum absolute atomic E-state index is 0.165. The number of amides is 2. The summed E-state index contributed by atoms with van der Waals surface area (Å²) >= 11 is 0. The minimum atomic E-state index is -0.713. The molecule has 1 atom stereocenters. The van der Waals surface area contributed by atoms with Gasteiger partial charge in [0.05, 0.1) is 7.11 Å². The molecule has 0 aliphatic carbocycles. The molecule has 4 aromatic rings. The van der Waals surface area contributed by atoms with Gasteiger partial charge in [-0.05, 0) is 47.4 Å². The van der Waals surface area contributed by atoms with Crippen LogP contribution in [0.15, 0.2) is 115 Å². The average Bonchev–Trinajstić information content (AvgIpc) is 2.99. The van der Waals surface area contributed by atoms with Crippen molar-refractivity contribution in [3.63, 3.8) is 0 Å². The third-order valence-corrected chi connectivity index (χ3v) is 6.44. The van der Waals surface area contributed by atoms with Gasteiger partial charge in [-0.1, -0.05) is 91.0 Å². The Balaban J connectivity index is 1.53.